The van der Waals surface area contributed by atoms with Crippen molar-refractivity contribution in [2.75, 3.05) is 13.2 Å². The van der Waals surface area contributed by atoms with Crippen LogP contribution in [-0.2, 0) is 4.79 Å². The number of halogens is 1. The molecule has 0 radical (unpaired) electrons. The summed E-state index contributed by atoms with van der Waals surface area (Å²) in [6.45, 7) is 1.52. The molecule has 5 nitrogen and oxygen atoms in total. The number of nitrogens with one attached hydrogen (secondary N) is 1. The Morgan fingerprint density at radius 1 is 1.23 bits per heavy atom. The molecular formula is C16H16ClNO4. The molecule has 116 valence electrons. The smallest absolute Gasteiger partial charge is 0.247 e. The first-order chi connectivity index (χ1) is 10.5. The minimum absolute atomic E-state index is 0.0227. The number of phenolic OH excluding ortho intramolecular Hbond substituents is 2. The van der Waals surface area contributed by atoms with E-state index in [1.807, 2.05) is 0 Å². The Morgan fingerprint density at radius 3 is 2.41 bits per heavy atom. The van der Waals surface area contributed by atoms with Crippen LogP contribution in [0.15, 0.2) is 29.8 Å². The van der Waals surface area contributed by atoms with Crippen LogP contribution in [0.3, 0.4) is 0 Å². The zero-order valence-electron chi connectivity index (χ0n) is 11.9. The lowest BCUT2D eigenvalue weighted by Gasteiger charge is -2.11. The van der Waals surface area contributed by atoms with Gasteiger partial charge in [-0.15, -0.1) is 0 Å². The molecular weight excluding hydrogens is 306 g/mol. The van der Waals surface area contributed by atoms with E-state index in [2.05, 4.69) is 5.32 Å². The van der Waals surface area contributed by atoms with Crippen LogP contribution in [0.25, 0.3) is 16.8 Å². The molecule has 6 heteroatoms. The number of rotatable bonds is 4. The number of amides is 1. The lowest BCUT2D eigenvalue weighted by molar-refractivity contribution is -0.117. The molecule has 2 aromatic rings. The van der Waals surface area contributed by atoms with Gasteiger partial charge in [-0.05, 0) is 13.0 Å². The van der Waals surface area contributed by atoms with E-state index in [0.717, 1.165) is 0 Å². The Morgan fingerprint density at radius 2 is 1.82 bits per heavy atom. The van der Waals surface area contributed by atoms with Crippen LogP contribution in [0.2, 0.25) is 5.02 Å². The van der Waals surface area contributed by atoms with Crippen LogP contribution in [0.4, 0.5) is 0 Å². The molecule has 0 fully saturated rings. The maximum absolute atomic E-state index is 11.8. The van der Waals surface area contributed by atoms with Crippen molar-refractivity contribution in [3.8, 4) is 11.5 Å². The van der Waals surface area contributed by atoms with Crippen LogP contribution in [0.1, 0.15) is 12.5 Å². The first-order valence-electron chi connectivity index (χ1n) is 6.66. The highest BCUT2D eigenvalue weighted by Crippen LogP contribution is 2.43. The third-order valence-corrected chi connectivity index (χ3v) is 3.64. The van der Waals surface area contributed by atoms with Gasteiger partial charge in [0.15, 0.2) is 0 Å². The third kappa shape index (κ3) is 3.00. The fraction of sp³-hybridized carbons (Fsp3) is 0.188. The second kappa shape index (κ2) is 6.68. The van der Waals surface area contributed by atoms with E-state index in [-0.39, 0.29) is 35.2 Å². The topological polar surface area (TPSA) is 89.8 Å². The molecule has 0 heterocycles. The van der Waals surface area contributed by atoms with Crippen molar-refractivity contribution in [3.05, 3.63) is 40.4 Å². The van der Waals surface area contributed by atoms with E-state index in [1.165, 1.54) is 6.08 Å². The lowest BCUT2D eigenvalue weighted by Crippen LogP contribution is -2.26. The zero-order chi connectivity index (χ0) is 16.3. The first-order valence-corrected chi connectivity index (χ1v) is 7.04. The van der Waals surface area contributed by atoms with Crippen LogP contribution in [0.5, 0.6) is 11.5 Å². The maximum atomic E-state index is 11.8. The number of fused-ring (bicyclic) bond motifs is 1. The van der Waals surface area contributed by atoms with Gasteiger partial charge in [0.05, 0.1) is 11.6 Å². The molecule has 0 saturated carbocycles. The van der Waals surface area contributed by atoms with Crippen molar-refractivity contribution in [1.29, 1.82) is 0 Å². The largest absolute Gasteiger partial charge is 0.507 e. The van der Waals surface area contributed by atoms with E-state index in [9.17, 15) is 15.0 Å². The molecule has 2 rings (SSSR count). The molecule has 0 aliphatic heterocycles. The molecule has 1 amide bonds. The van der Waals surface area contributed by atoms with Crippen molar-refractivity contribution >= 4 is 34.4 Å². The van der Waals surface area contributed by atoms with E-state index < -0.39 is 5.91 Å². The monoisotopic (exact) mass is 321 g/mol. The summed E-state index contributed by atoms with van der Waals surface area (Å²) >= 11 is 6.10. The summed E-state index contributed by atoms with van der Waals surface area (Å²) in [5.41, 5.74) is 0.467. The molecule has 2 aromatic carbocycles. The molecule has 0 unspecified atom stereocenters. The summed E-state index contributed by atoms with van der Waals surface area (Å²) in [5.74, 6) is -0.644. The average Bonchev–Trinajstić information content (AvgIpc) is 2.54. The summed E-state index contributed by atoms with van der Waals surface area (Å²) in [7, 11) is 0. The fourth-order valence-electron chi connectivity index (χ4n) is 2.11. The molecule has 0 atom stereocenters. The van der Waals surface area contributed by atoms with Gasteiger partial charge in [-0.2, -0.15) is 0 Å². The van der Waals surface area contributed by atoms with Crippen LogP contribution >= 0.6 is 11.6 Å². The molecule has 22 heavy (non-hydrogen) atoms. The number of aliphatic hydroxyl groups excluding tert-OH is 1. The highest BCUT2D eigenvalue weighted by Gasteiger charge is 2.17. The van der Waals surface area contributed by atoms with Gasteiger partial charge >= 0.3 is 0 Å². The maximum Gasteiger partial charge on any atom is 0.247 e. The van der Waals surface area contributed by atoms with Crippen molar-refractivity contribution in [3.63, 3.8) is 0 Å². The standard InChI is InChI=1S/C16H16ClNO4/c1-9(16(22)18-6-7-19)8-12-13(17)15(21)11-5-3-2-4-10(11)14(12)20/h2-5,8,19-21H,6-7H2,1H3,(H,18,22)/b9-8+. The van der Waals surface area contributed by atoms with E-state index in [0.29, 0.717) is 16.3 Å². The van der Waals surface area contributed by atoms with Crippen molar-refractivity contribution in [2.45, 2.75) is 6.92 Å². The quantitative estimate of drug-likeness (QED) is 0.514. The Balaban J connectivity index is 2.54. The molecule has 0 aromatic heterocycles. The van der Waals surface area contributed by atoms with Crippen molar-refractivity contribution in [2.24, 2.45) is 0 Å². The van der Waals surface area contributed by atoms with Crippen LogP contribution in [-0.4, -0.2) is 34.4 Å². The average molecular weight is 322 g/mol. The normalized spacial score (nSPS) is 11.7. The lowest BCUT2D eigenvalue weighted by atomic mass is 10.0. The number of aliphatic hydroxyl groups is 1. The zero-order valence-corrected chi connectivity index (χ0v) is 12.7. The highest BCUT2D eigenvalue weighted by molar-refractivity contribution is 6.35. The molecule has 0 aliphatic carbocycles. The number of benzene rings is 2. The van der Waals surface area contributed by atoms with Crippen LogP contribution in [0, 0.1) is 0 Å². The Hall–Kier alpha value is -2.24. The van der Waals surface area contributed by atoms with Gasteiger partial charge in [-0.1, -0.05) is 35.9 Å². The minimum atomic E-state index is -0.392. The van der Waals surface area contributed by atoms with Gasteiger partial charge in [0, 0.05) is 28.5 Å². The van der Waals surface area contributed by atoms with Crippen molar-refractivity contribution < 1.29 is 20.1 Å². The van der Waals surface area contributed by atoms with Crippen molar-refractivity contribution in [1.82, 2.24) is 5.32 Å². The summed E-state index contributed by atoms with van der Waals surface area (Å²) in [4.78, 5) is 11.8. The van der Waals surface area contributed by atoms with Gasteiger partial charge < -0.3 is 20.6 Å². The summed E-state index contributed by atoms with van der Waals surface area (Å²) < 4.78 is 0. The van der Waals surface area contributed by atoms with E-state index >= 15 is 0 Å². The van der Waals surface area contributed by atoms with Crippen LogP contribution < -0.4 is 5.32 Å². The van der Waals surface area contributed by atoms with Gasteiger partial charge in [0.25, 0.3) is 0 Å². The summed E-state index contributed by atoms with van der Waals surface area (Å²) in [6, 6.07) is 6.74. The molecule has 0 aliphatic rings. The number of carbonyl (C=O) groups is 1. The Labute approximate surface area is 132 Å². The predicted molar refractivity (Wildman–Crippen MR) is 86.0 cm³/mol. The minimum Gasteiger partial charge on any atom is -0.507 e. The number of aromatic hydroxyl groups is 2. The second-order valence-electron chi connectivity index (χ2n) is 4.78. The Kier molecular flexibility index (Phi) is 4.90. The first kappa shape index (κ1) is 16.1. The highest BCUT2D eigenvalue weighted by atomic mass is 35.5. The number of phenols is 2. The molecule has 4 N–H and O–H groups in total. The van der Waals surface area contributed by atoms with E-state index in [1.54, 1.807) is 31.2 Å². The summed E-state index contributed by atoms with van der Waals surface area (Å²) in [6.07, 6.45) is 1.40. The van der Waals surface area contributed by atoms with E-state index in [4.69, 9.17) is 16.7 Å². The Bertz CT molecular complexity index is 755. The predicted octanol–water partition coefficient (Wildman–Crippen LogP) is 2.42. The van der Waals surface area contributed by atoms with Gasteiger partial charge in [-0.3, -0.25) is 4.79 Å². The second-order valence-corrected chi connectivity index (χ2v) is 5.16. The number of carbonyl (C=O) groups excluding carboxylic acids is 1. The molecule has 0 saturated heterocycles. The van der Waals surface area contributed by atoms with Gasteiger partial charge in [0.2, 0.25) is 5.91 Å². The molecule has 0 bridgehead atoms. The molecule has 0 spiro atoms. The number of hydrogen-bond donors (Lipinski definition) is 4. The van der Waals surface area contributed by atoms with Gasteiger partial charge in [-0.25, -0.2) is 0 Å². The summed E-state index contributed by atoms with van der Waals surface area (Å²) in [5, 5.41) is 32.6. The third-order valence-electron chi connectivity index (χ3n) is 3.25. The van der Waals surface area contributed by atoms with Gasteiger partial charge in [0.1, 0.15) is 11.5 Å². The SMILES string of the molecule is C/C(=C\c1c(Cl)c(O)c2ccccc2c1O)C(=O)NCCO. The fourth-order valence-corrected chi connectivity index (χ4v) is 2.36. The number of hydrogen-bond acceptors (Lipinski definition) is 4.